The molecule has 1 saturated carbocycles. The average Bonchev–Trinajstić information content (AvgIpc) is 2.29. The van der Waals surface area contributed by atoms with Crippen molar-refractivity contribution in [1.82, 2.24) is 0 Å². The van der Waals surface area contributed by atoms with Gasteiger partial charge in [0.25, 0.3) is 0 Å². The predicted octanol–water partition coefficient (Wildman–Crippen LogP) is 4.08. The summed E-state index contributed by atoms with van der Waals surface area (Å²) in [4.78, 5) is 0. The fourth-order valence-electron chi connectivity index (χ4n) is 2.73. The molecule has 2 rings (SSSR count). The Morgan fingerprint density at radius 3 is 2.06 bits per heavy atom. The molecule has 0 spiro atoms. The number of hydrogen-bond donors (Lipinski definition) is 1. The molecule has 1 unspecified atom stereocenters. The van der Waals surface area contributed by atoms with Gasteiger partial charge in [-0.2, -0.15) is 0 Å². The van der Waals surface area contributed by atoms with Crippen molar-refractivity contribution in [2.24, 2.45) is 5.92 Å². The van der Waals surface area contributed by atoms with E-state index in [1.165, 1.54) is 44.9 Å². The van der Waals surface area contributed by atoms with E-state index in [9.17, 15) is 5.11 Å². The molecule has 16 heavy (non-hydrogen) atoms. The van der Waals surface area contributed by atoms with Crippen LogP contribution in [0, 0.1) is 5.92 Å². The predicted molar refractivity (Wildman–Crippen MR) is 67.2 cm³/mol. The molecular weight excluding hydrogens is 196 g/mol. The molecule has 1 N–H and O–H groups in total. The van der Waals surface area contributed by atoms with Gasteiger partial charge in [-0.05, 0) is 24.3 Å². The van der Waals surface area contributed by atoms with E-state index in [0.29, 0.717) is 5.92 Å². The Kier molecular flexibility index (Phi) is 4.41. The zero-order chi connectivity index (χ0) is 11.2. The second-order valence-electron chi connectivity index (χ2n) is 4.96. The van der Waals surface area contributed by atoms with E-state index < -0.39 is 0 Å². The first-order chi connectivity index (χ1) is 7.88. The van der Waals surface area contributed by atoms with E-state index in [-0.39, 0.29) is 6.10 Å². The molecule has 1 aromatic carbocycles. The lowest BCUT2D eigenvalue weighted by molar-refractivity contribution is 0.0913. The Morgan fingerprint density at radius 1 is 0.875 bits per heavy atom. The zero-order valence-corrected chi connectivity index (χ0v) is 9.94. The quantitative estimate of drug-likeness (QED) is 0.793. The second kappa shape index (κ2) is 6.05. The Morgan fingerprint density at radius 2 is 1.44 bits per heavy atom. The van der Waals surface area contributed by atoms with Gasteiger partial charge >= 0.3 is 0 Å². The van der Waals surface area contributed by atoms with E-state index in [1.807, 2.05) is 30.3 Å². The van der Waals surface area contributed by atoms with Crippen LogP contribution in [-0.4, -0.2) is 5.11 Å². The lowest BCUT2D eigenvalue weighted by atomic mass is 9.84. The maximum absolute atomic E-state index is 10.4. The minimum absolute atomic E-state index is 0.251. The van der Waals surface area contributed by atoms with Gasteiger partial charge in [0.2, 0.25) is 0 Å². The Balaban J connectivity index is 1.99. The fourth-order valence-corrected chi connectivity index (χ4v) is 2.73. The monoisotopic (exact) mass is 218 g/mol. The van der Waals surface area contributed by atoms with Crippen LogP contribution in [-0.2, 0) is 0 Å². The summed E-state index contributed by atoms with van der Waals surface area (Å²) in [6.45, 7) is 0. The van der Waals surface area contributed by atoms with Crippen molar-refractivity contribution in [2.75, 3.05) is 0 Å². The summed E-state index contributed by atoms with van der Waals surface area (Å²) in [6, 6.07) is 10.1. The highest BCUT2D eigenvalue weighted by Crippen LogP contribution is 2.32. The van der Waals surface area contributed by atoms with Crippen LogP contribution in [0.15, 0.2) is 30.3 Å². The van der Waals surface area contributed by atoms with Crippen molar-refractivity contribution in [2.45, 2.75) is 51.0 Å². The molecule has 0 heterocycles. The van der Waals surface area contributed by atoms with Crippen molar-refractivity contribution < 1.29 is 5.11 Å². The summed E-state index contributed by atoms with van der Waals surface area (Å²) in [5.74, 6) is 0.475. The lowest BCUT2D eigenvalue weighted by Crippen LogP contribution is -2.14. The van der Waals surface area contributed by atoms with Crippen LogP contribution in [0.25, 0.3) is 0 Å². The summed E-state index contributed by atoms with van der Waals surface area (Å²) >= 11 is 0. The number of aliphatic hydroxyl groups excluding tert-OH is 1. The Bertz CT molecular complexity index is 286. The molecule has 88 valence electrons. The van der Waals surface area contributed by atoms with E-state index in [2.05, 4.69) is 0 Å². The van der Waals surface area contributed by atoms with E-state index in [0.717, 1.165) is 5.56 Å². The van der Waals surface area contributed by atoms with Crippen LogP contribution in [0.5, 0.6) is 0 Å². The second-order valence-corrected chi connectivity index (χ2v) is 4.96. The van der Waals surface area contributed by atoms with Crippen LogP contribution in [0.1, 0.15) is 56.6 Å². The number of hydrogen-bond acceptors (Lipinski definition) is 1. The highest BCUT2D eigenvalue weighted by Gasteiger charge is 2.20. The maximum atomic E-state index is 10.4. The molecule has 0 aliphatic heterocycles. The van der Waals surface area contributed by atoms with Gasteiger partial charge in [0.15, 0.2) is 0 Å². The molecule has 1 aliphatic carbocycles. The third-order valence-electron chi connectivity index (χ3n) is 3.74. The molecule has 1 atom stereocenters. The SMILES string of the molecule is OC(c1ccccc1)C1CCCCCCC1. The third kappa shape index (κ3) is 3.08. The highest BCUT2D eigenvalue weighted by atomic mass is 16.3. The molecular formula is C15H22O. The van der Waals surface area contributed by atoms with Crippen LogP contribution in [0.2, 0.25) is 0 Å². The molecule has 0 radical (unpaired) electrons. The van der Waals surface area contributed by atoms with Crippen molar-refractivity contribution in [3.8, 4) is 0 Å². The molecule has 1 aromatic rings. The molecule has 1 fully saturated rings. The summed E-state index contributed by atoms with van der Waals surface area (Å²) in [7, 11) is 0. The molecule has 0 amide bonds. The summed E-state index contributed by atoms with van der Waals surface area (Å²) < 4.78 is 0. The largest absolute Gasteiger partial charge is 0.388 e. The minimum atomic E-state index is -0.251. The van der Waals surface area contributed by atoms with E-state index >= 15 is 0 Å². The van der Waals surface area contributed by atoms with Gasteiger partial charge in [0, 0.05) is 0 Å². The molecule has 1 aliphatic rings. The minimum Gasteiger partial charge on any atom is -0.388 e. The van der Waals surface area contributed by atoms with Crippen LogP contribution < -0.4 is 0 Å². The summed E-state index contributed by atoms with van der Waals surface area (Å²) in [5, 5.41) is 10.4. The van der Waals surface area contributed by atoms with Gasteiger partial charge < -0.3 is 5.11 Å². The number of aliphatic hydroxyl groups is 1. The Labute approximate surface area is 98.5 Å². The van der Waals surface area contributed by atoms with Gasteiger partial charge in [-0.1, -0.05) is 62.4 Å². The van der Waals surface area contributed by atoms with Gasteiger partial charge in [0.05, 0.1) is 6.10 Å². The highest BCUT2D eigenvalue weighted by molar-refractivity contribution is 5.17. The summed E-state index contributed by atoms with van der Waals surface area (Å²) in [5.41, 5.74) is 1.09. The van der Waals surface area contributed by atoms with Crippen LogP contribution in [0.4, 0.5) is 0 Å². The first-order valence-corrected chi connectivity index (χ1v) is 6.61. The number of rotatable bonds is 2. The lowest BCUT2D eigenvalue weighted by Gasteiger charge is -2.25. The van der Waals surface area contributed by atoms with Crippen molar-refractivity contribution in [3.63, 3.8) is 0 Å². The normalized spacial score (nSPS) is 21.1. The van der Waals surface area contributed by atoms with Gasteiger partial charge in [0.1, 0.15) is 0 Å². The van der Waals surface area contributed by atoms with Gasteiger partial charge in [-0.15, -0.1) is 0 Å². The first kappa shape index (κ1) is 11.7. The molecule has 0 bridgehead atoms. The average molecular weight is 218 g/mol. The van der Waals surface area contributed by atoms with Crippen LogP contribution >= 0.6 is 0 Å². The van der Waals surface area contributed by atoms with Crippen LogP contribution in [0.3, 0.4) is 0 Å². The van der Waals surface area contributed by atoms with Crippen molar-refractivity contribution >= 4 is 0 Å². The van der Waals surface area contributed by atoms with E-state index in [1.54, 1.807) is 0 Å². The van der Waals surface area contributed by atoms with Crippen molar-refractivity contribution in [3.05, 3.63) is 35.9 Å². The molecule has 0 aromatic heterocycles. The molecule has 1 nitrogen and oxygen atoms in total. The van der Waals surface area contributed by atoms with Gasteiger partial charge in [-0.25, -0.2) is 0 Å². The zero-order valence-electron chi connectivity index (χ0n) is 9.94. The topological polar surface area (TPSA) is 20.2 Å². The first-order valence-electron chi connectivity index (χ1n) is 6.61. The Hall–Kier alpha value is -0.820. The molecule has 1 heteroatoms. The number of benzene rings is 1. The summed E-state index contributed by atoms with van der Waals surface area (Å²) in [6.07, 6.45) is 8.78. The third-order valence-corrected chi connectivity index (χ3v) is 3.74. The van der Waals surface area contributed by atoms with Gasteiger partial charge in [-0.3, -0.25) is 0 Å². The smallest absolute Gasteiger partial charge is 0.0818 e. The van der Waals surface area contributed by atoms with E-state index in [4.69, 9.17) is 0 Å². The molecule has 0 saturated heterocycles. The standard InChI is InChI=1S/C15H22O/c16-15(14-11-7-4-8-12-14)13-9-5-2-1-3-6-10-13/h4,7-8,11-13,15-16H,1-3,5-6,9-10H2. The van der Waals surface area contributed by atoms with Crippen molar-refractivity contribution in [1.29, 1.82) is 0 Å². The fraction of sp³-hybridized carbons (Fsp3) is 0.600. The maximum Gasteiger partial charge on any atom is 0.0818 e.